The van der Waals surface area contributed by atoms with Crippen LogP contribution in [-0.4, -0.2) is 12.3 Å². The maximum atomic E-state index is 4.34. The smallest absolute Gasteiger partial charge is 0.0474 e. The van der Waals surface area contributed by atoms with Crippen molar-refractivity contribution in [3.05, 3.63) is 12.2 Å². The maximum absolute atomic E-state index is 4.34. The lowest BCUT2D eigenvalue weighted by molar-refractivity contribution is 0.522. The van der Waals surface area contributed by atoms with Crippen LogP contribution in [0.1, 0.15) is 34.1 Å². The van der Waals surface area contributed by atoms with Crippen molar-refractivity contribution in [1.82, 2.24) is 0 Å². The SMILES string of the molecule is C=C(C)C=N[C@H](C)CC(C)C. The van der Waals surface area contributed by atoms with Gasteiger partial charge in [-0.15, -0.1) is 0 Å². The van der Waals surface area contributed by atoms with E-state index in [1.54, 1.807) is 0 Å². The summed E-state index contributed by atoms with van der Waals surface area (Å²) in [5.41, 5.74) is 1.03. The van der Waals surface area contributed by atoms with Crippen LogP contribution in [0.25, 0.3) is 0 Å². The van der Waals surface area contributed by atoms with Gasteiger partial charge in [0.05, 0.1) is 0 Å². The molecule has 0 fully saturated rings. The Balaban J connectivity index is 3.68. The van der Waals surface area contributed by atoms with Crippen molar-refractivity contribution < 1.29 is 0 Å². The van der Waals surface area contributed by atoms with Crippen LogP contribution in [0.4, 0.5) is 0 Å². The van der Waals surface area contributed by atoms with E-state index in [4.69, 9.17) is 0 Å². The lowest BCUT2D eigenvalue weighted by atomic mass is 10.1. The van der Waals surface area contributed by atoms with Gasteiger partial charge in [-0.25, -0.2) is 0 Å². The normalized spacial score (nSPS) is 14.3. The molecule has 0 bridgehead atoms. The highest BCUT2D eigenvalue weighted by Gasteiger charge is 2.00. The summed E-state index contributed by atoms with van der Waals surface area (Å²) in [6.45, 7) is 12.3. The van der Waals surface area contributed by atoms with Crippen LogP contribution in [0.15, 0.2) is 17.1 Å². The third-order valence-corrected chi connectivity index (χ3v) is 1.36. The number of nitrogens with zero attached hydrogens (tertiary/aromatic N) is 1. The molecule has 64 valence electrons. The number of allylic oxidation sites excluding steroid dienone is 1. The predicted molar refractivity (Wildman–Crippen MR) is 52.2 cm³/mol. The van der Waals surface area contributed by atoms with Crippen molar-refractivity contribution >= 4 is 6.21 Å². The van der Waals surface area contributed by atoms with Crippen molar-refractivity contribution in [2.75, 3.05) is 0 Å². The second-order valence-electron chi connectivity index (χ2n) is 3.60. The van der Waals surface area contributed by atoms with E-state index in [1.807, 2.05) is 13.1 Å². The summed E-state index contributed by atoms with van der Waals surface area (Å²) in [7, 11) is 0. The quantitative estimate of drug-likeness (QED) is 0.550. The molecule has 0 saturated heterocycles. The van der Waals surface area contributed by atoms with E-state index in [1.165, 1.54) is 0 Å². The number of aliphatic imine (C=N–C) groups is 1. The van der Waals surface area contributed by atoms with Gasteiger partial charge in [0.25, 0.3) is 0 Å². The van der Waals surface area contributed by atoms with Crippen LogP contribution in [0, 0.1) is 5.92 Å². The molecule has 1 atom stereocenters. The van der Waals surface area contributed by atoms with E-state index in [-0.39, 0.29) is 0 Å². The molecule has 1 nitrogen and oxygen atoms in total. The number of hydrogen-bond donors (Lipinski definition) is 0. The minimum absolute atomic E-state index is 0.437. The van der Waals surface area contributed by atoms with Gasteiger partial charge in [-0.3, -0.25) is 4.99 Å². The average molecular weight is 153 g/mol. The van der Waals surface area contributed by atoms with Gasteiger partial charge in [0.1, 0.15) is 0 Å². The van der Waals surface area contributed by atoms with Crippen molar-refractivity contribution in [2.45, 2.75) is 40.2 Å². The Labute approximate surface area is 70.2 Å². The second kappa shape index (κ2) is 5.11. The Morgan fingerprint density at radius 2 is 2.00 bits per heavy atom. The molecule has 0 aliphatic rings. The lowest BCUT2D eigenvalue weighted by Crippen LogP contribution is -2.03. The first-order valence-electron chi connectivity index (χ1n) is 4.21. The van der Waals surface area contributed by atoms with E-state index in [9.17, 15) is 0 Å². The number of hydrogen-bond acceptors (Lipinski definition) is 1. The largest absolute Gasteiger partial charge is 0.290 e. The fourth-order valence-corrected chi connectivity index (χ4v) is 0.998. The molecular weight excluding hydrogens is 134 g/mol. The zero-order valence-electron chi connectivity index (χ0n) is 8.09. The Kier molecular flexibility index (Phi) is 4.84. The van der Waals surface area contributed by atoms with Gasteiger partial charge in [-0.1, -0.05) is 20.4 Å². The summed E-state index contributed by atoms with van der Waals surface area (Å²) in [5.74, 6) is 0.729. The zero-order valence-corrected chi connectivity index (χ0v) is 8.09. The topological polar surface area (TPSA) is 12.4 Å². The van der Waals surface area contributed by atoms with Crippen LogP contribution in [0.2, 0.25) is 0 Å². The van der Waals surface area contributed by atoms with Gasteiger partial charge < -0.3 is 0 Å². The van der Waals surface area contributed by atoms with Gasteiger partial charge in [0.15, 0.2) is 0 Å². The highest BCUT2D eigenvalue weighted by Crippen LogP contribution is 2.06. The highest BCUT2D eigenvalue weighted by atomic mass is 14.7. The Hall–Kier alpha value is -0.590. The minimum Gasteiger partial charge on any atom is -0.290 e. The minimum atomic E-state index is 0.437. The molecule has 0 aromatic carbocycles. The fourth-order valence-electron chi connectivity index (χ4n) is 0.998. The van der Waals surface area contributed by atoms with E-state index in [2.05, 4.69) is 32.3 Å². The molecule has 0 aromatic rings. The molecule has 0 spiro atoms. The van der Waals surface area contributed by atoms with Crippen molar-refractivity contribution in [3.8, 4) is 0 Å². The summed E-state index contributed by atoms with van der Waals surface area (Å²) in [5, 5.41) is 0. The van der Waals surface area contributed by atoms with E-state index >= 15 is 0 Å². The molecule has 0 aromatic heterocycles. The van der Waals surface area contributed by atoms with Crippen LogP contribution in [0.5, 0.6) is 0 Å². The van der Waals surface area contributed by atoms with E-state index in [0.29, 0.717) is 6.04 Å². The first kappa shape index (κ1) is 10.4. The monoisotopic (exact) mass is 153 g/mol. The zero-order chi connectivity index (χ0) is 8.85. The molecule has 0 unspecified atom stereocenters. The third kappa shape index (κ3) is 7.31. The van der Waals surface area contributed by atoms with Crippen molar-refractivity contribution in [1.29, 1.82) is 0 Å². The van der Waals surface area contributed by atoms with Crippen molar-refractivity contribution in [3.63, 3.8) is 0 Å². The fraction of sp³-hybridized carbons (Fsp3) is 0.700. The van der Waals surface area contributed by atoms with Gasteiger partial charge >= 0.3 is 0 Å². The highest BCUT2D eigenvalue weighted by molar-refractivity contribution is 5.76. The molecular formula is C10H19N. The molecule has 0 rings (SSSR count). The standard InChI is InChI=1S/C10H19N/c1-8(2)6-10(5)11-7-9(3)4/h7-8,10H,3,6H2,1-2,4-5H3/t10-/m1/s1. The first-order chi connectivity index (χ1) is 5.02. The first-order valence-corrected chi connectivity index (χ1v) is 4.21. The van der Waals surface area contributed by atoms with Gasteiger partial charge in [-0.2, -0.15) is 0 Å². The van der Waals surface area contributed by atoms with Crippen molar-refractivity contribution in [2.24, 2.45) is 10.9 Å². The maximum Gasteiger partial charge on any atom is 0.0474 e. The molecule has 0 amide bonds. The van der Waals surface area contributed by atoms with E-state index in [0.717, 1.165) is 17.9 Å². The van der Waals surface area contributed by atoms with Gasteiger partial charge in [0.2, 0.25) is 0 Å². The van der Waals surface area contributed by atoms with Crippen LogP contribution >= 0.6 is 0 Å². The molecule has 0 radical (unpaired) electrons. The van der Waals surface area contributed by atoms with Crippen LogP contribution < -0.4 is 0 Å². The molecule has 11 heavy (non-hydrogen) atoms. The molecule has 0 saturated carbocycles. The summed E-state index contributed by atoms with van der Waals surface area (Å²) in [6, 6.07) is 0.437. The van der Waals surface area contributed by atoms with E-state index < -0.39 is 0 Å². The molecule has 0 aliphatic carbocycles. The Bertz CT molecular complexity index is 145. The summed E-state index contributed by atoms with van der Waals surface area (Å²) in [6.07, 6.45) is 3.01. The predicted octanol–water partition coefficient (Wildman–Crippen LogP) is 3.07. The molecule has 1 heteroatoms. The molecule has 0 aliphatic heterocycles. The second-order valence-corrected chi connectivity index (χ2v) is 3.60. The number of rotatable bonds is 4. The molecule has 0 heterocycles. The molecule has 0 N–H and O–H groups in total. The van der Waals surface area contributed by atoms with Gasteiger partial charge in [0, 0.05) is 12.3 Å². The third-order valence-electron chi connectivity index (χ3n) is 1.36. The summed E-state index contributed by atoms with van der Waals surface area (Å²) >= 11 is 0. The average Bonchev–Trinajstić information content (AvgIpc) is 1.82. The summed E-state index contributed by atoms with van der Waals surface area (Å²) < 4.78 is 0. The Morgan fingerprint density at radius 1 is 1.45 bits per heavy atom. The Morgan fingerprint density at radius 3 is 2.36 bits per heavy atom. The van der Waals surface area contributed by atoms with Gasteiger partial charge in [-0.05, 0) is 31.8 Å². The lowest BCUT2D eigenvalue weighted by Gasteiger charge is -2.08. The van der Waals surface area contributed by atoms with Crippen LogP contribution in [0.3, 0.4) is 0 Å². The van der Waals surface area contributed by atoms with Crippen LogP contribution in [-0.2, 0) is 0 Å². The summed E-state index contributed by atoms with van der Waals surface area (Å²) in [4.78, 5) is 4.34.